The van der Waals surface area contributed by atoms with Crippen LogP contribution >= 0.6 is 0 Å². The third kappa shape index (κ3) is 3.91. The van der Waals surface area contributed by atoms with Gasteiger partial charge in [-0.05, 0) is 54.8 Å². The minimum absolute atomic E-state index is 0.331. The standard InChI is InChI=1S/C17H21N3O2/c1-11-8-13(9-12(2)16(11)21)10-19-17(18)20-14-4-6-15(22-3)7-5-14/h4-9,21H,10H2,1-3H3,(H3,18,19,20). The summed E-state index contributed by atoms with van der Waals surface area (Å²) in [5.74, 6) is 1.46. The van der Waals surface area contributed by atoms with E-state index in [0.717, 1.165) is 28.1 Å². The van der Waals surface area contributed by atoms with Gasteiger partial charge in [-0.3, -0.25) is 0 Å². The normalized spacial score (nSPS) is 11.3. The molecule has 0 saturated heterocycles. The van der Waals surface area contributed by atoms with Crippen molar-refractivity contribution in [1.82, 2.24) is 0 Å². The van der Waals surface area contributed by atoms with Crippen LogP contribution in [0.25, 0.3) is 0 Å². The first-order chi connectivity index (χ1) is 10.5. The van der Waals surface area contributed by atoms with E-state index in [9.17, 15) is 5.11 Å². The van der Waals surface area contributed by atoms with Crippen LogP contribution < -0.4 is 15.8 Å². The molecule has 2 rings (SSSR count). The van der Waals surface area contributed by atoms with Crippen molar-refractivity contribution in [2.75, 3.05) is 12.4 Å². The zero-order chi connectivity index (χ0) is 16.1. The number of benzene rings is 2. The number of hydrogen-bond donors (Lipinski definition) is 3. The van der Waals surface area contributed by atoms with Gasteiger partial charge in [-0.15, -0.1) is 0 Å². The molecule has 0 aliphatic rings. The maximum absolute atomic E-state index is 9.76. The predicted molar refractivity (Wildman–Crippen MR) is 89.5 cm³/mol. The minimum Gasteiger partial charge on any atom is -0.507 e. The van der Waals surface area contributed by atoms with E-state index in [-0.39, 0.29) is 0 Å². The lowest BCUT2D eigenvalue weighted by Crippen LogP contribution is -2.22. The Kier molecular flexibility index (Phi) is 4.88. The van der Waals surface area contributed by atoms with Crippen LogP contribution in [0.5, 0.6) is 11.5 Å². The molecule has 0 saturated carbocycles. The van der Waals surface area contributed by atoms with Gasteiger partial charge >= 0.3 is 0 Å². The highest BCUT2D eigenvalue weighted by Crippen LogP contribution is 2.23. The number of aliphatic imine (C=N–C) groups is 1. The van der Waals surface area contributed by atoms with Crippen LogP contribution in [0, 0.1) is 13.8 Å². The van der Waals surface area contributed by atoms with Crippen molar-refractivity contribution in [3.05, 3.63) is 53.1 Å². The molecule has 0 aliphatic carbocycles. The molecule has 0 atom stereocenters. The first-order valence-corrected chi connectivity index (χ1v) is 6.99. The summed E-state index contributed by atoms with van der Waals surface area (Å²) in [5, 5.41) is 12.8. The van der Waals surface area contributed by atoms with Crippen molar-refractivity contribution in [1.29, 1.82) is 0 Å². The molecule has 116 valence electrons. The van der Waals surface area contributed by atoms with E-state index in [2.05, 4.69) is 10.3 Å². The van der Waals surface area contributed by atoms with Crippen molar-refractivity contribution >= 4 is 11.6 Å². The Morgan fingerprint density at radius 2 is 1.77 bits per heavy atom. The second kappa shape index (κ2) is 6.85. The van der Waals surface area contributed by atoms with Gasteiger partial charge in [0.25, 0.3) is 0 Å². The molecule has 0 spiro atoms. The maximum Gasteiger partial charge on any atom is 0.193 e. The highest BCUT2D eigenvalue weighted by molar-refractivity contribution is 5.92. The third-order valence-corrected chi connectivity index (χ3v) is 3.35. The monoisotopic (exact) mass is 299 g/mol. The average Bonchev–Trinajstić information content (AvgIpc) is 2.51. The van der Waals surface area contributed by atoms with E-state index < -0.39 is 0 Å². The summed E-state index contributed by atoms with van der Waals surface area (Å²) in [6, 6.07) is 11.3. The van der Waals surface area contributed by atoms with E-state index in [1.54, 1.807) is 7.11 Å². The summed E-state index contributed by atoms with van der Waals surface area (Å²) in [4.78, 5) is 4.31. The van der Waals surface area contributed by atoms with Crippen molar-refractivity contribution in [2.45, 2.75) is 20.4 Å². The molecule has 4 N–H and O–H groups in total. The number of guanidine groups is 1. The molecular weight excluding hydrogens is 278 g/mol. The second-order valence-electron chi connectivity index (χ2n) is 5.13. The quantitative estimate of drug-likeness (QED) is 0.599. The van der Waals surface area contributed by atoms with Crippen LogP contribution in [0.1, 0.15) is 16.7 Å². The van der Waals surface area contributed by atoms with Gasteiger partial charge in [0.2, 0.25) is 0 Å². The summed E-state index contributed by atoms with van der Waals surface area (Å²) in [5.41, 5.74) is 9.42. The van der Waals surface area contributed by atoms with E-state index in [1.807, 2.05) is 50.2 Å². The van der Waals surface area contributed by atoms with Gasteiger partial charge in [0.1, 0.15) is 11.5 Å². The van der Waals surface area contributed by atoms with Gasteiger partial charge in [-0.1, -0.05) is 12.1 Å². The summed E-state index contributed by atoms with van der Waals surface area (Å²) in [7, 11) is 1.62. The fourth-order valence-electron chi connectivity index (χ4n) is 2.18. The molecule has 22 heavy (non-hydrogen) atoms. The number of anilines is 1. The summed E-state index contributed by atoms with van der Waals surface area (Å²) in [6.45, 7) is 4.19. The lowest BCUT2D eigenvalue weighted by atomic mass is 10.1. The summed E-state index contributed by atoms with van der Waals surface area (Å²) < 4.78 is 5.10. The molecule has 5 heteroatoms. The van der Waals surface area contributed by atoms with Crippen LogP contribution in [0.4, 0.5) is 5.69 Å². The molecule has 0 radical (unpaired) electrons. The zero-order valence-corrected chi connectivity index (χ0v) is 13.1. The Hall–Kier alpha value is -2.69. The van der Waals surface area contributed by atoms with Gasteiger partial charge in [0.05, 0.1) is 13.7 Å². The number of nitrogens with two attached hydrogens (primary N) is 1. The van der Waals surface area contributed by atoms with Crippen molar-refractivity contribution < 1.29 is 9.84 Å². The smallest absolute Gasteiger partial charge is 0.193 e. The highest BCUT2D eigenvalue weighted by atomic mass is 16.5. The number of aryl methyl sites for hydroxylation is 2. The number of rotatable bonds is 4. The van der Waals surface area contributed by atoms with Crippen molar-refractivity contribution in [3.63, 3.8) is 0 Å². The molecule has 0 aromatic heterocycles. The number of phenolic OH excluding ortho intramolecular Hbond substituents is 1. The van der Waals surface area contributed by atoms with E-state index >= 15 is 0 Å². The summed E-state index contributed by atoms with van der Waals surface area (Å²) in [6.07, 6.45) is 0. The fourth-order valence-corrected chi connectivity index (χ4v) is 2.18. The van der Waals surface area contributed by atoms with Crippen LogP contribution in [0.2, 0.25) is 0 Å². The third-order valence-electron chi connectivity index (χ3n) is 3.35. The number of ether oxygens (including phenoxy) is 1. The lowest BCUT2D eigenvalue weighted by Gasteiger charge is -2.08. The number of nitrogens with one attached hydrogen (secondary N) is 1. The van der Waals surface area contributed by atoms with Crippen LogP contribution in [-0.4, -0.2) is 18.2 Å². The number of methoxy groups -OCH3 is 1. The largest absolute Gasteiger partial charge is 0.507 e. The Balaban J connectivity index is 2.03. The van der Waals surface area contributed by atoms with E-state index in [1.165, 1.54) is 0 Å². The van der Waals surface area contributed by atoms with E-state index in [0.29, 0.717) is 18.3 Å². The van der Waals surface area contributed by atoms with Crippen molar-refractivity contribution in [3.8, 4) is 11.5 Å². The molecule has 0 aliphatic heterocycles. The zero-order valence-electron chi connectivity index (χ0n) is 13.1. The summed E-state index contributed by atoms with van der Waals surface area (Å²) >= 11 is 0. The molecule has 5 nitrogen and oxygen atoms in total. The Morgan fingerprint density at radius 1 is 1.18 bits per heavy atom. The lowest BCUT2D eigenvalue weighted by molar-refractivity contribution is 0.415. The SMILES string of the molecule is COc1ccc(NC(N)=NCc2cc(C)c(O)c(C)c2)cc1. The first-order valence-electron chi connectivity index (χ1n) is 6.99. The van der Waals surface area contributed by atoms with Gasteiger partial charge in [-0.25, -0.2) is 4.99 Å². The van der Waals surface area contributed by atoms with Crippen LogP contribution in [0.3, 0.4) is 0 Å². The first kappa shape index (κ1) is 15.7. The molecule has 0 fully saturated rings. The number of phenols is 1. The predicted octanol–water partition coefficient (Wildman–Crippen LogP) is 2.94. The topological polar surface area (TPSA) is 79.9 Å². The van der Waals surface area contributed by atoms with Crippen molar-refractivity contribution in [2.24, 2.45) is 10.7 Å². The molecule has 0 unspecified atom stereocenters. The second-order valence-corrected chi connectivity index (χ2v) is 5.13. The van der Waals surface area contributed by atoms with Gasteiger partial charge < -0.3 is 20.9 Å². The fraction of sp³-hybridized carbons (Fsp3) is 0.235. The average molecular weight is 299 g/mol. The molecule has 2 aromatic rings. The van der Waals surface area contributed by atoms with Gasteiger partial charge in [0, 0.05) is 5.69 Å². The molecule has 2 aromatic carbocycles. The van der Waals surface area contributed by atoms with Gasteiger partial charge in [0.15, 0.2) is 5.96 Å². The van der Waals surface area contributed by atoms with Gasteiger partial charge in [-0.2, -0.15) is 0 Å². The maximum atomic E-state index is 9.76. The molecule has 0 heterocycles. The minimum atomic E-state index is 0.331. The molecule has 0 amide bonds. The Morgan fingerprint density at radius 3 is 2.32 bits per heavy atom. The molecule has 0 bridgehead atoms. The van der Waals surface area contributed by atoms with E-state index in [4.69, 9.17) is 10.5 Å². The number of nitrogens with zero attached hydrogens (tertiary/aromatic N) is 1. The Bertz CT molecular complexity index is 656. The highest BCUT2D eigenvalue weighted by Gasteiger charge is 2.03. The molecular formula is C17H21N3O2. The number of aromatic hydroxyl groups is 1. The van der Waals surface area contributed by atoms with Crippen LogP contribution in [-0.2, 0) is 6.54 Å². The number of hydrogen-bond acceptors (Lipinski definition) is 3. The Labute approximate surface area is 130 Å². The van der Waals surface area contributed by atoms with Crippen LogP contribution in [0.15, 0.2) is 41.4 Å².